The molecule has 0 bridgehead atoms. The summed E-state index contributed by atoms with van der Waals surface area (Å²) in [6, 6.07) is 4.06. The van der Waals surface area contributed by atoms with Crippen LogP contribution >= 0.6 is 11.6 Å². The van der Waals surface area contributed by atoms with Gasteiger partial charge in [-0.25, -0.2) is 0 Å². The number of rotatable bonds is 2. The summed E-state index contributed by atoms with van der Waals surface area (Å²) in [7, 11) is 0. The van der Waals surface area contributed by atoms with Crippen molar-refractivity contribution in [2.45, 2.75) is 44.9 Å². The van der Waals surface area contributed by atoms with E-state index in [1.165, 1.54) is 12.1 Å². The molecule has 0 spiro atoms. The van der Waals surface area contributed by atoms with Crippen molar-refractivity contribution in [1.82, 2.24) is 5.32 Å². The second kappa shape index (κ2) is 5.69. The molecule has 1 atom stereocenters. The molecular formula is C15H20ClF3N2. The van der Waals surface area contributed by atoms with E-state index in [-0.39, 0.29) is 22.3 Å². The number of hydrogen-bond acceptors (Lipinski definition) is 2. The average Bonchev–Trinajstić information content (AvgIpc) is 2.36. The molecule has 1 unspecified atom stereocenters. The molecule has 118 valence electrons. The van der Waals surface area contributed by atoms with Crippen molar-refractivity contribution < 1.29 is 13.2 Å². The van der Waals surface area contributed by atoms with Gasteiger partial charge in [0.25, 0.3) is 0 Å². The molecule has 21 heavy (non-hydrogen) atoms. The molecule has 0 amide bonds. The first kappa shape index (κ1) is 16.4. The Morgan fingerprint density at radius 1 is 1.38 bits per heavy atom. The SMILES string of the molecule is CCC1CNC(C)(C)CN1c1ccc(Cl)cc1C(F)(F)F. The average molecular weight is 321 g/mol. The molecule has 1 aliphatic rings. The van der Waals surface area contributed by atoms with Crippen LogP contribution in [0.4, 0.5) is 18.9 Å². The van der Waals surface area contributed by atoms with Crippen LogP contribution in [0.25, 0.3) is 0 Å². The van der Waals surface area contributed by atoms with E-state index in [0.29, 0.717) is 13.1 Å². The van der Waals surface area contributed by atoms with Crippen LogP contribution in [0, 0.1) is 0 Å². The van der Waals surface area contributed by atoms with Gasteiger partial charge in [-0.15, -0.1) is 0 Å². The predicted octanol–water partition coefficient (Wildman–Crippen LogP) is 4.33. The number of nitrogens with zero attached hydrogens (tertiary/aromatic N) is 1. The third-order valence-electron chi connectivity index (χ3n) is 3.87. The number of piperazine rings is 1. The van der Waals surface area contributed by atoms with E-state index in [0.717, 1.165) is 12.5 Å². The molecule has 0 aromatic heterocycles. The summed E-state index contributed by atoms with van der Waals surface area (Å²) < 4.78 is 39.9. The molecule has 1 N–H and O–H groups in total. The van der Waals surface area contributed by atoms with Gasteiger partial charge in [0.15, 0.2) is 0 Å². The fourth-order valence-corrected chi connectivity index (χ4v) is 2.92. The summed E-state index contributed by atoms with van der Waals surface area (Å²) in [5.41, 5.74) is -0.673. The standard InChI is InChI=1S/C15H20ClF3N2/c1-4-11-8-20-14(2,3)9-21(11)13-6-5-10(16)7-12(13)15(17,18)19/h5-7,11,20H,4,8-9H2,1-3H3. The van der Waals surface area contributed by atoms with Crippen LogP contribution in [-0.2, 0) is 6.18 Å². The van der Waals surface area contributed by atoms with E-state index in [9.17, 15) is 13.2 Å². The summed E-state index contributed by atoms with van der Waals surface area (Å²) in [5.74, 6) is 0. The minimum atomic E-state index is -4.41. The van der Waals surface area contributed by atoms with Crippen LogP contribution in [0.5, 0.6) is 0 Å². The summed E-state index contributed by atoms with van der Waals surface area (Å²) in [5, 5.41) is 3.48. The largest absolute Gasteiger partial charge is 0.418 e. The Kier molecular flexibility index (Phi) is 4.45. The normalized spacial score (nSPS) is 22.4. The molecule has 1 aromatic rings. The lowest BCUT2D eigenvalue weighted by Gasteiger charge is -2.46. The van der Waals surface area contributed by atoms with Crippen molar-refractivity contribution in [2.75, 3.05) is 18.0 Å². The number of anilines is 1. The first-order valence-corrected chi connectivity index (χ1v) is 7.40. The second-order valence-electron chi connectivity index (χ2n) is 6.11. The zero-order chi connectivity index (χ0) is 15.8. The van der Waals surface area contributed by atoms with E-state index in [1.807, 2.05) is 25.7 Å². The van der Waals surface area contributed by atoms with Crippen LogP contribution in [-0.4, -0.2) is 24.7 Å². The predicted molar refractivity (Wildman–Crippen MR) is 80.0 cm³/mol. The number of nitrogens with one attached hydrogen (secondary N) is 1. The Hall–Kier alpha value is -0.940. The topological polar surface area (TPSA) is 15.3 Å². The van der Waals surface area contributed by atoms with E-state index >= 15 is 0 Å². The summed E-state index contributed by atoms with van der Waals surface area (Å²) in [6.07, 6.45) is -3.63. The van der Waals surface area contributed by atoms with E-state index in [4.69, 9.17) is 11.6 Å². The fraction of sp³-hybridized carbons (Fsp3) is 0.600. The van der Waals surface area contributed by atoms with Crippen molar-refractivity contribution in [1.29, 1.82) is 0 Å². The van der Waals surface area contributed by atoms with Crippen molar-refractivity contribution in [3.05, 3.63) is 28.8 Å². The smallest absolute Gasteiger partial charge is 0.365 e. The van der Waals surface area contributed by atoms with Gasteiger partial charge in [-0.3, -0.25) is 0 Å². The first-order chi connectivity index (χ1) is 9.64. The Morgan fingerprint density at radius 3 is 2.62 bits per heavy atom. The van der Waals surface area contributed by atoms with Gasteiger partial charge in [0.05, 0.1) is 5.56 Å². The maximum atomic E-state index is 13.3. The van der Waals surface area contributed by atoms with Gasteiger partial charge in [0.2, 0.25) is 0 Å². The number of benzene rings is 1. The maximum absolute atomic E-state index is 13.3. The maximum Gasteiger partial charge on any atom is 0.418 e. The molecule has 1 aliphatic heterocycles. The van der Waals surface area contributed by atoms with Gasteiger partial charge in [0.1, 0.15) is 0 Å². The summed E-state index contributed by atoms with van der Waals surface area (Å²) in [6.45, 7) is 7.17. The van der Waals surface area contributed by atoms with Crippen LogP contribution in [0.2, 0.25) is 5.02 Å². The second-order valence-corrected chi connectivity index (χ2v) is 6.55. The number of halogens is 4. The van der Waals surface area contributed by atoms with Crippen LogP contribution in [0.3, 0.4) is 0 Å². The Balaban J connectivity index is 2.48. The minimum Gasteiger partial charge on any atom is -0.365 e. The van der Waals surface area contributed by atoms with E-state index in [1.54, 1.807) is 0 Å². The third-order valence-corrected chi connectivity index (χ3v) is 4.10. The summed E-state index contributed by atoms with van der Waals surface area (Å²) in [4.78, 5) is 1.86. The van der Waals surface area contributed by atoms with Gasteiger partial charge < -0.3 is 10.2 Å². The summed E-state index contributed by atoms with van der Waals surface area (Å²) >= 11 is 5.76. The van der Waals surface area contributed by atoms with E-state index in [2.05, 4.69) is 5.32 Å². The van der Waals surface area contributed by atoms with Crippen molar-refractivity contribution in [3.63, 3.8) is 0 Å². The molecule has 1 heterocycles. The van der Waals surface area contributed by atoms with Crippen LogP contribution in [0.15, 0.2) is 18.2 Å². The molecule has 6 heteroatoms. The highest BCUT2D eigenvalue weighted by molar-refractivity contribution is 6.30. The van der Waals surface area contributed by atoms with Gasteiger partial charge in [-0.2, -0.15) is 13.2 Å². The van der Waals surface area contributed by atoms with Gasteiger partial charge in [-0.1, -0.05) is 18.5 Å². The fourth-order valence-electron chi connectivity index (χ4n) is 2.75. The lowest BCUT2D eigenvalue weighted by atomic mass is 9.96. The molecule has 0 aliphatic carbocycles. The lowest BCUT2D eigenvalue weighted by Crippen LogP contribution is -2.62. The molecule has 2 rings (SSSR count). The zero-order valence-corrected chi connectivity index (χ0v) is 13.1. The molecule has 1 fully saturated rings. The molecule has 1 aromatic carbocycles. The van der Waals surface area contributed by atoms with Crippen molar-refractivity contribution >= 4 is 17.3 Å². The Morgan fingerprint density at radius 2 is 2.05 bits per heavy atom. The lowest BCUT2D eigenvalue weighted by molar-refractivity contribution is -0.137. The van der Waals surface area contributed by atoms with Gasteiger partial charge in [0, 0.05) is 35.4 Å². The highest BCUT2D eigenvalue weighted by atomic mass is 35.5. The van der Waals surface area contributed by atoms with Crippen molar-refractivity contribution in [2.24, 2.45) is 0 Å². The molecule has 2 nitrogen and oxygen atoms in total. The molecule has 1 saturated heterocycles. The van der Waals surface area contributed by atoms with Crippen LogP contribution in [0.1, 0.15) is 32.8 Å². The monoisotopic (exact) mass is 320 g/mol. The zero-order valence-electron chi connectivity index (χ0n) is 12.4. The highest BCUT2D eigenvalue weighted by Crippen LogP contribution is 2.40. The van der Waals surface area contributed by atoms with Crippen molar-refractivity contribution in [3.8, 4) is 0 Å². The van der Waals surface area contributed by atoms with Crippen LogP contribution < -0.4 is 10.2 Å². The Bertz CT molecular complexity index is 514. The Labute approximate surface area is 128 Å². The number of hydrogen-bond donors (Lipinski definition) is 1. The van der Waals surface area contributed by atoms with Gasteiger partial charge >= 0.3 is 6.18 Å². The minimum absolute atomic E-state index is 0.0419. The third kappa shape index (κ3) is 3.64. The quantitative estimate of drug-likeness (QED) is 0.872. The van der Waals surface area contributed by atoms with Gasteiger partial charge in [-0.05, 0) is 38.5 Å². The molecular weight excluding hydrogens is 301 g/mol. The first-order valence-electron chi connectivity index (χ1n) is 7.02. The highest BCUT2D eigenvalue weighted by Gasteiger charge is 2.39. The molecule has 0 saturated carbocycles. The van der Waals surface area contributed by atoms with E-state index < -0.39 is 11.7 Å². The number of alkyl halides is 3. The molecule has 0 radical (unpaired) electrons.